The summed E-state index contributed by atoms with van der Waals surface area (Å²) in [6.45, 7) is 4.43. The molecule has 31 heavy (non-hydrogen) atoms. The van der Waals surface area contributed by atoms with Gasteiger partial charge in [0, 0.05) is 16.7 Å². The first-order valence-electron chi connectivity index (χ1n) is 11.2. The fourth-order valence-corrected chi connectivity index (χ4v) is 4.96. The summed E-state index contributed by atoms with van der Waals surface area (Å²) in [5, 5.41) is 0. The molecule has 0 radical (unpaired) electrons. The van der Waals surface area contributed by atoms with Gasteiger partial charge in [-0.1, -0.05) is 80.6 Å². The molecule has 0 spiro atoms. The molecule has 0 amide bonds. The number of fused-ring (bicyclic) bond motifs is 5. The average Bonchev–Trinajstić information content (AvgIpc) is 3.51. The van der Waals surface area contributed by atoms with Gasteiger partial charge >= 0.3 is 0 Å². The Morgan fingerprint density at radius 2 is 1.42 bits per heavy atom. The van der Waals surface area contributed by atoms with Crippen molar-refractivity contribution in [3.8, 4) is 11.1 Å². The van der Waals surface area contributed by atoms with E-state index in [9.17, 15) is 4.79 Å². The zero-order valence-corrected chi connectivity index (χ0v) is 18.4. The highest BCUT2D eigenvalue weighted by Gasteiger charge is 2.34. The summed E-state index contributed by atoms with van der Waals surface area (Å²) in [7, 11) is 0. The number of carbonyl (C=O) groups excluding carboxylic acids is 1. The molecule has 2 nitrogen and oxygen atoms in total. The molecule has 3 aromatic rings. The zero-order chi connectivity index (χ0) is 21.8. The largest absolute Gasteiger partial charge is 0.399 e. The number of aldehydes is 1. The number of nitrogen functional groups attached to an aromatic ring is 1. The first kappa shape index (κ1) is 21.1. The van der Waals surface area contributed by atoms with Crippen LogP contribution in [-0.4, -0.2) is 6.29 Å². The zero-order valence-electron chi connectivity index (χ0n) is 18.4. The van der Waals surface area contributed by atoms with Gasteiger partial charge in [-0.15, -0.1) is 0 Å². The number of allylic oxidation sites excluding steroid dienone is 2. The Hall–Kier alpha value is -3.13. The number of para-hydroxylation sites is 1. The van der Waals surface area contributed by atoms with Crippen LogP contribution < -0.4 is 5.73 Å². The molecule has 2 unspecified atom stereocenters. The first-order chi connectivity index (χ1) is 15.0. The van der Waals surface area contributed by atoms with Gasteiger partial charge in [0.25, 0.3) is 0 Å². The third-order valence-corrected chi connectivity index (χ3v) is 6.71. The Labute approximate surface area is 185 Å². The maximum atomic E-state index is 10.9. The number of nitrogens with two attached hydrogens (primary N) is 1. The number of carbonyl (C=O) groups is 1. The molecule has 0 heterocycles. The minimum absolute atomic E-state index is 0.00898. The van der Waals surface area contributed by atoms with E-state index in [1.54, 1.807) is 0 Å². The Morgan fingerprint density at radius 3 is 1.94 bits per heavy atom. The number of rotatable bonds is 1. The normalized spacial score (nSPS) is 20.6. The molecule has 6 rings (SSSR count). The minimum atomic E-state index is -0.00898. The lowest BCUT2D eigenvalue weighted by Crippen LogP contribution is -2.15. The summed E-state index contributed by atoms with van der Waals surface area (Å²) in [6, 6.07) is 23.9. The van der Waals surface area contributed by atoms with Crippen molar-refractivity contribution in [2.24, 2.45) is 11.8 Å². The van der Waals surface area contributed by atoms with E-state index in [1.165, 1.54) is 41.5 Å². The van der Waals surface area contributed by atoms with Crippen LogP contribution in [0.2, 0.25) is 0 Å². The molecule has 3 aliphatic carbocycles. The molecule has 3 aliphatic rings. The quantitative estimate of drug-likeness (QED) is 0.266. The van der Waals surface area contributed by atoms with Crippen molar-refractivity contribution >= 4 is 12.0 Å². The third-order valence-electron chi connectivity index (χ3n) is 6.71. The molecule has 2 bridgehead atoms. The van der Waals surface area contributed by atoms with Crippen LogP contribution in [-0.2, 0) is 5.41 Å². The summed E-state index contributed by atoms with van der Waals surface area (Å²) in [6.07, 6.45) is 10.1. The maximum absolute atomic E-state index is 10.9. The maximum Gasteiger partial charge on any atom is 0.150 e. The van der Waals surface area contributed by atoms with E-state index >= 15 is 0 Å². The smallest absolute Gasteiger partial charge is 0.150 e. The highest BCUT2D eigenvalue weighted by atomic mass is 16.1. The van der Waals surface area contributed by atoms with Crippen molar-refractivity contribution in [3.05, 3.63) is 102 Å². The molecule has 2 atom stereocenters. The molecule has 3 aromatic carbocycles. The van der Waals surface area contributed by atoms with E-state index in [2.05, 4.69) is 56.3 Å². The Balaban J connectivity index is 0.000000135. The monoisotopic (exact) mass is 409 g/mol. The second kappa shape index (κ2) is 8.93. The van der Waals surface area contributed by atoms with Crippen molar-refractivity contribution in [2.75, 3.05) is 5.73 Å². The molecule has 0 aliphatic heterocycles. The first-order valence-corrected chi connectivity index (χ1v) is 11.2. The fourth-order valence-electron chi connectivity index (χ4n) is 4.96. The van der Waals surface area contributed by atoms with Crippen LogP contribution in [0.5, 0.6) is 0 Å². The molecule has 2 N–H and O–H groups in total. The predicted molar refractivity (Wildman–Crippen MR) is 130 cm³/mol. The molecule has 2 heteroatoms. The Kier molecular flexibility index (Phi) is 6.08. The van der Waals surface area contributed by atoms with Crippen molar-refractivity contribution < 1.29 is 4.79 Å². The predicted octanol–water partition coefficient (Wildman–Crippen LogP) is 7.05. The number of hydrogen-bond donors (Lipinski definition) is 1. The van der Waals surface area contributed by atoms with E-state index in [0.717, 1.165) is 29.4 Å². The summed E-state index contributed by atoms with van der Waals surface area (Å²) in [5.41, 5.74) is 12.1. The topological polar surface area (TPSA) is 43.1 Å². The Morgan fingerprint density at radius 1 is 0.806 bits per heavy atom. The van der Waals surface area contributed by atoms with Gasteiger partial charge in [0.15, 0.2) is 0 Å². The van der Waals surface area contributed by atoms with Gasteiger partial charge in [-0.3, -0.25) is 4.79 Å². The van der Waals surface area contributed by atoms with Gasteiger partial charge in [-0.2, -0.15) is 0 Å². The summed E-state index contributed by atoms with van der Waals surface area (Å²) >= 11 is 0. The van der Waals surface area contributed by atoms with E-state index in [-0.39, 0.29) is 5.41 Å². The van der Waals surface area contributed by atoms with Crippen LogP contribution in [0.4, 0.5) is 5.69 Å². The van der Waals surface area contributed by atoms with Crippen LogP contribution in [0.15, 0.2) is 84.9 Å². The molecule has 0 aromatic heterocycles. The van der Waals surface area contributed by atoms with Gasteiger partial charge in [0.1, 0.15) is 6.29 Å². The Bertz CT molecular complexity index is 1070. The van der Waals surface area contributed by atoms with Gasteiger partial charge < -0.3 is 5.73 Å². The van der Waals surface area contributed by atoms with Crippen LogP contribution in [0.25, 0.3) is 11.1 Å². The van der Waals surface area contributed by atoms with Crippen LogP contribution >= 0.6 is 0 Å². The van der Waals surface area contributed by atoms with Gasteiger partial charge in [-0.25, -0.2) is 0 Å². The summed E-state index contributed by atoms with van der Waals surface area (Å²) in [4.78, 5) is 10.9. The highest BCUT2D eigenvalue weighted by molar-refractivity contribution is 5.84. The standard InChI is InChI=1S/C16H14O.C7H10.C6H7N/c1-16(2)14-6-4-3-5-12(14)13-8-7-11(10-17)9-15(13)16;1-2-7-4-3-6(1)5-7;7-6-4-2-1-3-5-6/h3-10H,1-2H3;1-2,6-7H,3-5H2;1-5H,7H2. The van der Waals surface area contributed by atoms with E-state index in [0.29, 0.717) is 0 Å². The summed E-state index contributed by atoms with van der Waals surface area (Å²) < 4.78 is 0. The van der Waals surface area contributed by atoms with E-state index in [1.807, 2.05) is 42.5 Å². The van der Waals surface area contributed by atoms with Gasteiger partial charge in [0.2, 0.25) is 0 Å². The van der Waals surface area contributed by atoms with Gasteiger partial charge in [0.05, 0.1) is 0 Å². The minimum Gasteiger partial charge on any atom is -0.399 e. The second-order valence-electron chi connectivity index (χ2n) is 9.22. The van der Waals surface area contributed by atoms with Crippen molar-refractivity contribution in [3.63, 3.8) is 0 Å². The lowest BCUT2D eigenvalue weighted by molar-refractivity contribution is 0.112. The number of benzene rings is 3. The van der Waals surface area contributed by atoms with E-state index in [4.69, 9.17) is 5.73 Å². The molecule has 158 valence electrons. The summed E-state index contributed by atoms with van der Waals surface area (Å²) in [5.74, 6) is 1.98. The molecule has 0 saturated heterocycles. The van der Waals surface area contributed by atoms with Crippen molar-refractivity contribution in [1.82, 2.24) is 0 Å². The van der Waals surface area contributed by atoms with E-state index < -0.39 is 0 Å². The van der Waals surface area contributed by atoms with Crippen molar-refractivity contribution in [2.45, 2.75) is 38.5 Å². The molecular formula is C29H31NO. The lowest BCUT2D eigenvalue weighted by Gasteiger charge is -2.21. The van der Waals surface area contributed by atoms with Gasteiger partial charge in [-0.05, 0) is 71.6 Å². The SMILES string of the molecule is C1=CC2CCC1C2.CC1(C)c2ccccc2-c2ccc(C=O)cc21.Nc1ccccc1. The van der Waals surface area contributed by atoms with Crippen LogP contribution in [0, 0.1) is 11.8 Å². The van der Waals surface area contributed by atoms with Crippen LogP contribution in [0.1, 0.15) is 54.6 Å². The number of anilines is 1. The lowest BCUT2D eigenvalue weighted by atomic mass is 9.82. The average molecular weight is 410 g/mol. The molecular weight excluding hydrogens is 378 g/mol. The van der Waals surface area contributed by atoms with Crippen molar-refractivity contribution in [1.29, 1.82) is 0 Å². The second-order valence-corrected chi connectivity index (χ2v) is 9.22. The number of hydrogen-bond acceptors (Lipinski definition) is 2. The highest BCUT2D eigenvalue weighted by Crippen LogP contribution is 2.48. The fraction of sp³-hybridized carbons (Fsp3) is 0.276. The molecule has 1 saturated carbocycles. The third kappa shape index (κ3) is 4.49. The van der Waals surface area contributed by atoms with Crippen LogP contribution in [0.3, 0.4) is 0 Å². The molecule has 1 fully saturated rings.